The summed E-state index contributed by atoms with van der Waals surface area (Å²) in [7, 11) is 0. The molecular formula is C16H18ClN5O2. The molecule has 2 aromatic rings. The molecule has 0 aliphatic carbocycles. The summed E-state index contributed by atoms with van der Waals surface area (Å²) >= 11 is 6.12. The molecule has 1 aliphatic rings. The average Bonchev–Trinajstić information content (AvgIpc) is 2.57. The van der Waals surface area contributed by atoms with E-state index in [0.29, 0.717) is 22.4 Å². The monoisotopic (exact) mass is 347 g/mol. The van der Waals surface area contributed by atoms with Crippen LogP contribution in [0.15, 0.2) is 30.6 Å². The van der Waals surface area contributed by atoms with Crippen LogP contribution in [0.4, 0.5) is 23.0 Å². The van der Waals surface area contributed by atoms with Gasteiger partial charge in [0, 0.05) is 13.1 Å². The maximum atomic E-state index is 11.7. The fraction of sp³-hybridized carbons (Fsp3) is 0.375. The molecule has 1 aliphatic heterocycles. The zero-order chi connectivity index (χ0) is 17.1. The smallest absolute Gasteiger partial charge is 0.351 e. The number of nitrogens with one attached hydrogen (secondary N) is 1. The van der Waals surface area contributed by atoms with Gasteiger partial charge in [-0.15, -0.1) is 0 Å². The summed E-state index contributed by atoms with van der Waals surface area (Å²) in [6, 6.07) is 7.05. The third-order valence-corrected chi connectivity index (χ3v) is 4.53. The molecule has 0 radical (unpaired) electrons. The van der Waals surface area contributed by atoms with E-state index in [1.54, 1.807) is 24.3 Å². The summed E-state index contributed by atoms with van der Waals surface area (Å²) in [5.74, 6) is 1.14. The lowest BCUT2D eigenvalue weighted by Gasteiger charge is -2.30. The fourth-order valence-corrected chi connectivity index (χ4v) is 2.95. The highest BCUT2D eigenvalue weighted by atomic mass is 35.5. The molecule has 0 unspecified atom stereocenters. The van der Waals surface area contributed by atoms with Gasteiger partial charge in [-0.2, -0.15) is 0 Å². The number of benzene rings is 1. The van der Waals surface area contributed by atoms with Crippen molar-refractivity contribution in [1.29, 1.82) is 0 Å². The molecule has 1 fully saturated rings. The van der Waals surface area contributed by atoms with Gasteiger partial charge in [-0.1, -0.05) is 30.7 Å². The number of piperidine rings is 1. The fourth-order valence-electron chi connectivity index (χ4n) is 2.77. The lowest BCUT2D eigenvalue weighted by Crippen LogP contribution is -2.34. The Morgan fingerprint density at radius 1 is 1.29 bits per heavy atom. The Labute approximate surface area is 144 Å². The van der Waals surface area contributed by atoms with Crippen LogP contribution in [-0.2, 0) is 0 Å². The van der Waals surface area contributed by atoms with E-state index in [9.17, 15) is 10.1 Å². The standard InChI is InChI=1S/C16H18ClN5O2/c1-11-6-8-21(9-7-11)16-14(22(23)24)15(18-10-19-16)20-13-5-3-2-4-12(13)17/h2-5,10-11H,6-9H2,1H3,(H,18,19,20). The van der Waals surface area contributed by atoms with Gasteiger partial charge in [-0.25, -0.2) is 9.97 Å². The number of nitro groups is 1. The van der Waals surface area contributed by atoms with Crippen LogP contribution >= 0.6 is 11.6 Å². The highest BCUT2D eigenvalue weighted by Crippen LogP contribution is 2.36. The van der Waals surface area contributed by atoms with Gasteiger partial charge in [-0.05, 0) is 30.9 Å². The van der Waals surface area contributed by atoms with Crippen LogP contribution in [0.2, 0.25) is 5.02 Å². The van der Waals surface area contributed by atoms with E-state index in [1.165, 1.54) is 6.33 Å². The van der Waals surface area contributed by atoms with Crippen molar-refractivity contribution in [2.45, 2.75) is 19.8 Å². The number of para-hydroxylation sites is 1. The van der Waals surface area contributed by atoms with E-state index < -0.39 is 4.92 Å². The zero-order valence-electron chi connectivity index (χ0n) is 13.3. The summed E-state index contributed by atoms with van der Waals surface area (Å²) in [5.41, 5.74) is 0.450. The van der Waals surface area contributed by atoms with E-state index in [2.05, 4.69) is 22.2 Å². The van der Waals surface area contributed by atoms with Crippen molar-refractivity contribution in [2.75, 3.05) is 23.3 Å². The second-order valence-corrected chi connectivity index (χ2v) is 6.33. The van der Waals surface area contributed by atoms with Gasteiger partial charge in [0.15, 0.2) is 0 Å². The van der Waals surface area contributed by atoms with Gasteiger partial charge in [-0.3, -0.25) is 10.1 Å². The van der Waals surface area contributed by atoms with Crippen LogP contribution in [0.25, 0.3) is 0 Å². The predicted molar refractivity (Wildman–Crippen MR) is 94.0 cm³/mol. The number of hydrogen-bond acceptors (Lipinski definition) is 6. The van der Waals surface area contributed by atoms with Gasteiger partial charge < -0.3 is 10.2 Å². The molecule has 0 atom stereocenters. The maximum Gasteiger partial charge on any atom is 0.353 e. The maximum absolute atomic E-state index is 11.7. The number of rotatable bonds is 4. The second-order valence-electron chi connectivity index (χ2n) is 5.93. The van der Waals surface area contributed by atoms with Gasteiger partial charge in [0.05, 0.1) is 15.6 Å². The quantitative estimate of drug-likeness (QED) is 0.664. The lowest BCUT2D eigenvalue weighted by atomic mass is 9.99. The summed E-state index contributed by atoms with van der Waals surface area (Å²) < 4.78 is 0. The molecule has 8 heteroatoms. The topological polar surface area (TPSA) is 84.2 Å². The first-order valence-corrected chi connectivity index (χ1v) is 8.20. The van der Waals surface area contributed by atoms with Crippen LogP contribution in [0.1, 0.15) is 19.8 Å². The summed E-state index contributed by atoms with van der Waals surface area (Å²) in [5, 5.41) is 15.1. The molecule has 24 heavy (non-hydrogen) atoms. The molecule has 1 saturated heterocycles. The van der Waals surface area contributed by atoms with Gasteiger partial charge >= 0.3 is 5.69 Å². The third-order valence-electron chi connectivity index (χ3n) is 4.20. The molecule has 0 amide bonds. The van der Waals surface area contributed by atoms with Crippen LogP contribution < -0.4 is 10.2 Å². The Hall–Kier alpha value is -2.41. The highest BCUT2D eigenvalue weighted by molar-refractivity contribution is 6.33. The molecular weight excluding hydrogens is 330 g/mol. The average molecular weight is 348 g/mol. The predicted octanol–water partition coefficient (Wildman–Crippen LogP) is 4.02. The van der Waals surface area contributed by atoms with Gasteiger partial charge in [0.25, 0.3) is 0 Å². The van der Waals surface area contributed by atoms with Crippen LogP contribution in [-0.4, -0.2) is 28.0 Å². The van der Waals surface area contributed by atoms with E-state index >= 15 is 0 Å². The lowest BCUT2D eigenvalue weighted by molar-refractivity contribution is -0.383. The Kier molecular flexibility index (Phi) is 4.80. The molecule has 3 rings (SSSR count). The number of anilines is 3. The number of hydrogen-bond donors (Lipinski definition) is 1. The van der Waals surface area contributed by atoms with Crippen molar-refractivity contribution in [2.24, 2.45) is 5.92 Å². The number of nitrogens with zero attached hydrogens (tertiary/aromatic N) is 4. The van der Waals surface area contributed by atoms with E-state index in [4.69, 9.17) is 11.6 Å². The first-order chi connectivity index (χ1) is 11.6. The SMILES string of the molecule is CC1CCN(c2ncnc(Nc3ccccc3Cl)c2[N+](=O)[O-])CC1. The Morgan fingerprint density at radius 3 is 2.67 bits per heavy atom. The summed E-state index contributed by atoms with van der Waals surface area (Å²) in [6.45, 7) is 3.70. The summed E-state index contributed by atoms with van der Waals surface area (Å²) in [6.07, 6.45) is 3.34. The molecule has 7 nitrogen and oxygen atoms in total. The molecule has 0 saturated carbocycles. The minimum absolute atomic E-state index is 0.119. The Bertz CT molecular complexity index is 747. The van der Waals surface area contributed by atoms with Crippen molar-refractivity contribution in [3.8, 4) is 0 Å². The van der Waals surface area contributed by atoms with Crippen molar-refractivity contribution >= 4 is 34.6 Å². The van der Waals surface area contributed by atoms with E-state index in [-0.39, 0.29) is 11.5 Å². The zero-order valence-corrected chi connectivity index (χ0v) is 14.0. The van der Waals surface area contributed by atoms with Gasteiger partial charge in [0.2, 0.25) is 11.6 Å². The number of aromatic nitrogens is 2. The minimum atomic E-state index is -0.438. The second kappa shape index (κ2) is 7.00. The number of halogens is 1. The first kappa shape index (κ1) is 16.4. The highest BCUT2D eigenvalue weighted by Gasteiger charge is 2.29. The van der Waals surface area contributed by atoms with Crippen molar-refractivity contribution in [1.82, 2.24) is 9.97 Å². The van der Waals surface area contributed by atoms with Crippen molar-refractivity contribution in [3.63, 3.8) is 0 Å². The van der Waals surface area contributed by atoms with Crippen LogP contribution in [0.5, 0.6) is 0 Å². The minimum Gasteiger partial charge on any atom is -0.351 e. The van der Waals surface area contributed by atoms with Crippen molar-refractivity contribution < 1.29 is 4.92 Å². The van der Waals surface area contributed by atoms with Crippen LogP contribution in [0, 0.1) is 16.0 Å². The van der Waals surface area contributed by atoms with Gasteiger partial charge in [0.1, 0.15) is 6.33 Å². The summed E-state index contributed by atoms with van der Waals surface area (Å²) in [4.78, 5) is 21.4. The third kappa shape index (κ3) is 3.41. The van der Waals surface area contributed by atoms with E-state index in [0.717, 1.165) is 25.9 Å². The molecule has 0 bridgehead atoms. The van der Waals surface area contributed by atoms with Crippen molar-refractivity contribution in [3.05, 3.63) is 45.7 Å². The molecule has 0 spiro atoms. The Balaban J connectivity index is 1.97. The molecule has 1 aromatic heterocycles. The normalized spacial score (nSPS) is 15.3. The molecule has 1 N–H and O–H groups in total. The van der Waals surface area contributed by atoms with Crippen LogP contribution in [0.3, 0.4) is 0 Å². The largest absolute Gasteiger partial charge is 0.353 e. The molecule has 126 valence electrons. The Morgan fingerprint density at radius 2 is 2.00 bits per heavy atom. The van der Waals surface area contributed by atoms with E-state index in [1.807, 2.05) is 4.90 Å². The first-order valence-electron chi connectivity index (χ1n) is 7.82. The molecule has 2 heterocycles. The molecule has 1 aromatic carbocycles.